The van der Waals surface area contributed by atoms with Crippen LogP contribution < -0.4 is 9.62 Å². The van der Waals surface area contributed by atoms with Gasteiger partial charge in [0.25, 0.3) is 0 Å². The summed E-state index contributed by atoms with van der Waals surface area (Å²) in [6.07, 6.45) is 0.942. The molecule has 25 heavy (non-hydrogen) atoms. The maximum absolute atomic E-state index is 13.7. The maximum Gasteiger partial charge on any atom is 0.248 e. The molecular formula is C16H15Cl2FN2O3S. The number of para-hydroxylation sites is 1. The minimum absolute atomic E-state index is 0.0509. The van der Waals surface area contributed by atoms with Crippen LogP contribution in [0.3, 0.4) is 0 Å². The quantitative estimate of drug-likeness (QED) is 0.820. The second kappa shape index (κ2) is 7.59. The zero-order chi connectivity index (χ0) is 18.8. The number of hydrogen-bond donors (Lipinski definition) is 1. The zero-order valence-electron chi connectivity index (χ0n) is 13.3. The first kappa shape index (κ1) is 19.5. The van der Waals surface area contributed by atoms with E-state index in [2.05, 4.69) is 5.32 Å². The summed E-state index contributed by atoms with van der Waals surface area (Å²) < 4.78 is 39.0. The first-order valence-electron chi connectivity index (χ1n) is 7.11. The van der Waals surface area contributed by atoms with Crippen molar-refractivity contribution in [3.05, 3.63) is 58.3 Å². The van der Waals surface area contributed by atoms with Gasteiger partial charge in [0, 0.05) is 5.02 Å². The molecule has 1 amide bonds. The third-order valence-electron chi connectivity index (χ3n) is 3.37. The van der Waals surface area contributed by atoms with E-state index in [9.17, 15) is 17.6 Å². The molecule has 2 rings (SSSR count). The molecular weight excluding hydrogens is 390 g/mol. The van der Waals surface area contributed by atoms with Crippen LogP contribution in [0.15, 0.2) is 42.5 Å². The van der Waals surface area contributed by atoms with Crippen LogP contribution in [-0.4, -0.2) is 26.6 Å². The molecule has 2 aromatic carbocycles. The number of amides is 1. The first-order valence-corrected chi connectivity index (χ1v) is 9.71. The van der Waals surface area contributed by atoms with Crippen molar-refractivity contribution in [3.63, 3.8) is 0 Å². The van der Waals surface area contributed by atoms with Crippen LogP contribution in [0.2, 0.25) is 10.0 Å². The highest BCUT2D eigenvalue weighted by atomic mass is 35.5. The topological polar surface area (TPSA) is 66.5 Å². The molecule has 1 atom stereocenters. The number of nitrogens with zero attached hydrogens (tertiary/aromatic N) is 1. The van der Waals surface area contributed by atoms with E-state index in [0.717, 1.165) is 10.6 Å². The predicted octanol–water partition coefficient (Wildman–Crippen LogP) is 3.93. The molecule has 0 aliphatic carbocycles. The third kappa shape index (κ3) is 4.62. The molecule has 9 heteroatoms. The summed E-state index contributed by atoms with van der Waals surface area (Å²) >= 11 is 12.0. The molecule has 2 aromatic rings. The van der Waals surface area contributed by atoms with Crippen molar-refractivity contribution in [2.75, 3.05) is 15.9 Å². The summed E-state index contributed by atoms with van der Waals surface area (Å²) in [7, 11) is -3.87. The van der Waals surface area contributed by atoms with Crippen LogP contribution >= 0.6 is 23.2 Å². The van der Waals surface area contributed by atoms with E-state index < -0.39 is 27.8 Å². The molecule has 0 aliphatic heterocycles. The van der Waals surface area contributed by atoms with Crippen LogP contribution in [0.5, 0.6) is 0 Å². The van der Waals surface area contributed by atoms with Gasteiger partial charge in [0.15, 0.2) is 0 Å². The average molecular weight is 405 g/mol. The van der Waals surface area contributed by atoms with Crippen LogP contribution in [0.1, 0.15) is 6.92 Å². The van der Waals surface area contributed by atoms with E-state index in [-0.39, 0.29) is 21.4 Å². The average Bonchev–Trinajstić information content (AvgIpc) is 2.51. The van der Waals surface area contributed by atoms with E-state index in [1.807, 2.05) is 0 Å². The summed E-state index contributed by atoms with van der Waals surface area (Å²) in [5.74, 6) is -1.35. The normalized spacial score (nSPS) is 12.5. The van der Waals surface area contributed by atoms with Gasteiger partial charge in [-0.15, -0.1) is 0 Å². The Bertz CT molecular complexity index is 906. The molecule has 0 spiro atoms. The highest BCUT2D eigenvalue weighted by Gasteiger charge is 2.31. The number of halogens is 3. The second-order valence-corrected chi connectivity index (χ2v) is 8.00. The number of nitrogens with one attached hydrogen (secondary N) is 1. The molecule has 0 aliphatic rings. The summed E-state index contributed by atoms with van der Waals surface area (Å²) in [4.78, 5) is 12.5. The number of anilines is 2. The van der Waals surface area contributed by atoms with Crippen molar-refractivity contribution in [1.29, 1.82) is 0 Å². The van der Waals surface area contributed by atoms with E-state index in [1.54, 1.807) is 6.07 Å². The van der Waals surface area contributed by atoms with E-state index in [1.165, 1.54) is 43.3 Å². The van der Waals surface area contributed by atoms with Crippen LogP contribution in [0.25, 0.3) is 0 Å². The van der Waals surface area contributed by atoms with Crippen LogP contribution in [0, 0.1) is 5.82 Å². The van der Waals surface area contributed by atoms with E-state index >= 15 is 0 Å². The number of hydrogen-bond acceptors (Lipinski definition) is 3. The highest BCUT2D eigenvalue weighted by molar-refractivity contribution is 7.92. The Morgan fingerprint density at radius 1 is 1.20 bits per heavy atom. The lowest BCUT2D eigenvalue weighted by Crippen LogP contribution is -2.45. The molecule has 1 unspecified atom stereocenters. The molecule has 0 fully saturated rings. The smallest absolute Gasteiger partial charge is 0.248 e. The lowest BCUT2D eigenvalue weighted by Gasteiger charge is -2.29. The lowest BCUT2D eigenvalue weighted by atomic mass is 10.2. The Morgan fingerprint density at radius 2 is 1.84 bits per heavy atom. The molecule has 0 bridgehead atoms. The van der Waals surface area contributed by atoms with Gasteiger partial charge in [0.05, 0.1) is 22.7 Å². The Kier molecular flexibility index (Phi) is 5.92. The highest BCUT2D eigenvalue weighted by Crippen LogP contribution is 2.32. The minimum Gasteiger partial charge on any atom is -0.322 e. The molecule has 5 nitrogen and oxygen atoms in total. The summed E-state index contributed by atoms with van der Waals surface area (Å²) in [5, 5.41) is 2.74. The summed E-state index contributed by atoms with van der Waals surface area (Å²) in [6.45, 7) is 1.37. The van der Waals surface area contributed by atoms with Crippen molar-refractivity contribution in [2.24, 2.45) is 0 Å². The molecule has 134 valence electrons. The standard InChI is InChI=1S/C16H15Cl2FN2O3S/c1-10(16(22)20-14-6-4-3-5-13(14)19)21(25(2,23)24)15-9-11(17)7-8-12(15)18/h3-10H,1-2H3,(H,20,22). The molecule has 1 N–H and O–H groups in total. The van der Waals surface area contributed by atoms with Gasteiger partial charge in [-0.25, -0.2) is 12.8 Å². The van der Waals surface area contributed by atoms with E-state index in [0.29, 0.717) is 0 Å². The van der Waals surface area contributed by atoms with Crippen LogP contribution in [-0.2, 0) is 14.8 Å². The fourth-order valence-electron chi connectivity index (χ4n) is 2.24. The molecule has 0 heterocycles. The number of carbonyl (C=O) groups excluding carboxylic acids is 1. The van der Waals surface area contributed by atoms with Crippen molar-refractivity contribution >= 4 is 50.5 Å². The molecule has 0 aromatic heterocycles. The maximum atomic E-state index is 13.7. The fourth-order valence-corrected chi connectivity index (χ4v) is 3.84. The van der Waals surface area contributed by atoms with E-state index in [4.69, 9.17) is 23.2 Å². The van der Waals surface area contributed by atoms with Gasteiger partial charge < -0.3 is 5.32 Å². The Labute approximate surface area is 155 Å². The number of carbonyl (C=O) groups is 1. The largest absolute Gasteiger partial charge is 0.322 e. The van der Waals surface area contributed by atoms with Gasteiger partial charge in [-0.2, -0.15) is 0 Å². The fraction of sp³-hybridized carbons (Fsp3) is 0.188. The minimum atomic E-state index is -3.87. The zero-order valence-corrected chi connectivity index (χ0v) is 15.7. The number of sulfonamides is 1. The Hall–Kier alpha value is -1.83. The Morgan fingerprint density at radius 3 is 2.44 bits per heavy atom. The van der Waals surface area contributed by atoms with Crippen molar-refractivity contribution in [3.8, 4) is 0 Å². The number of benzene rings is 2. The van der Waals surface area contributed by atoms with Gasteiger partial charge >= 0.3 is 0 Å². The number of rotatable bonds is 5. The SMILES string of the molecule is CC(C(=O)Nc1ccccc1F)N(c1cc(Cl)ccc1Cl)S(C)(=O)=O. The van der Waals surface area contributed by atoms with Crippen molar-refractivity contribution in [2.45, 2.75) is 13.0 Å². The summed E-state index contributed by atoms with van der Waals surface area (Å²) in [6, 6.07) is 8.66. The summed E-state index contributed by atoms with van der Waals surface area (Å²) in [5.41, 5.74) is 0.0119. The van der Waals surface area contributed by atoms with Gasteiger partial charge in [-0.3, -0.25) is 9.10 Å². The molecule has 0 saturated carbocycles. The van der Waals surface area contributed by atoms with Crippen LogP contribution in [0.4, 0.5) is 15.8 Å². The van der Waals surface area contributed by atoms with Gasteiger partial charge in [0.2, 0.25) is 15.9 Å². The predicted molar refractivity (Wildman–Crippen MR) is 98.3 cm³/mol. The monoisotopic (exact) mass is 404 g/mol. The van der Waals surface area contributed by atoms with Gasteiger partial charge in [0.1, 0.15) is 11.9 Å². The lowest BCUT2D eigenvalue weighted by molar-refractivity contribution is -0.116. The second-order valence-electron chi connectivity index (χ2n) is 5.30. The van der Waals surface area contributed by atoms with Gasteiger partial charge in [-0.1, -0.05) is 35.3 Å². The van der Waals surface area contributed by atoms with Crippen molar-refractivity contribution in [1.82, 2.24) is 0 Å². The van der Waals surface area contributed by atoms with Crippen molar-refractivity contribution < 1.29 is 17.6 Å². The third-order valence-corrected chi connectivity index (χ3v) is 5.15. The Balaban J connectivity index is 2.40. The molecule has 0 radical (unpaired) electrons. The first-order chi connectivity index (χ1) is 11.6. The van der Waals surface area contributed by atoms with Gasteiger partial charge in [-0.05, 0) is 37.3 Å². The molecule has 0 saturated heterocycles.